The molecule has 0 radical (unpaired) electrons. The van der Waals surface area contributed by atoms with Crippen LogP contribution in [0.2, 0.25) is 0 Å². The molecule has 0 spiro atoms. The molecule has 0 bridgehead atoms. The van der Waals surface area contributed by atoms with E-state index in [1.807, 2.05) is 13.8 Å². The number of nitrogens with one attached hydrogen (secondary N) is 1. The molecule has 0 aromatic heterocycles. The third-order valence-corrected chi connectivity index (χ3v) is 2.24. The first-order chi connectivity index (χ1) is 4.99. The van der Waals surface area contributed by atoms with Gasteiger partial charge in [-0.2, -0.15) is 13.1 Å². The van der Waals surface area contributed by atoms with Crippen LogP contribution in [0.5, 0.6) is 0 Å². The molecule has 0 aliphatic carbocycles. The Hall–Kier alpha value is 0.870. The quantitative estimate of drug-likeness (QED) is 0.496. The topological polar surface area (TPSA) is 66.4 Å². The van der Waals surface area contributed by atoms with E-state index in [0.29, 0.717) is 12.5 Å². The summed E-state index contributed by atoms with van der Waals surface area (Å²) in [5.74, 6) is 0.317. The molecule has 70 valence electrons. The standard InChI is InChI=1S/C6H15NO3S.Na.H/c1-3-6(4-2)5-7-11(8,9)10;;/h6-7H,3-5H2,1-2H3,(H,8,9,10);;. The van der Waals surface area contributed by atoms with E-state index in [1.54, 1.807) is 0 Å². The SMILES string of the molecule is CCC(CC)CNS(=O)(=O)O.[NaH]. The molecular weight excluding hydrogens is 189 g/mol. The average Bonchev–Trinajstić information content (AvgIpc) is 1.88. The minimum atomic E-state index is -3.99. The van der Waals surface area contributed by atoms with Gasteiger partial charge in [-0.3, -0.25) is 4.55 Å². The predicted molar refractivity (Wildman–Crippen MR) is 50.8 cm³/mol. The molecule has 2 N–H and O–H groups in total. The van der Waals surface area contributed by atoms with Gasteiger partial charge in [-0.1, -0.05) is 26.7 Å². The molecular formula is C6H16NNaO3S. The molecule has 0 aromatic carbocycles. The van der Waals surface area contributed by atoms with Crippen molar-refractivity contribution in [1.82, 2.24) is 4.72 Å². The van der Waals surface area contributed by atoms with Gasteiger partial charge in [0.05, 0.1) is 0 Å². The molecule has 12 heavy (non-hydrogen) atoms. The molecule has 0 atom stereocenters. The van der Waals surface area contributed by atoms with Gasteiger partial charge in [-0.25, -0.2) is 0 Å². The Labute approximate surface area is 96.3 Å². The molecule has 0 saturated heterocycles. The number of hydrogen-bond donors (Lipinski definition) is 2. The van der Waals surface area contributed by atoms with Crippen molar-refractivity contribution in [3.05, 3.63) is 0 Å². The van der Waals surface area contributed by atoms with Crippen LogP contribution in [0, 0.1) is 5.92 Å². The fraction of sp³-hybridized carbons (Fsp3) is 1.00. The second kappa shape index (κ2) is 7.29. The van der Waals surface area contributed by atoms with Crippen molar-refractivity contribution < 1.29 is 13.0 Å². The Morgan fingerprint density at radius 2 is 1.75 bits per heavy atom. The van der Waals surface area contributed by atoms with Crippen LogP contribution in [0.3, 0.4) is 0 Å². The van der Waals surface area contributed by atoms with Crippen molar-refractivity contribution >= 4 is 39.9 Å². The fourth-order valence-corrected chi connectivity index (χ4v) is 1.25. The summed E-state index contributed by atoms with van der Waals surface area (Å²) in [5.41, 5.74) is 0. The van der Waals surface area contributed by atoms with Crippen molar-refractivity contribution in [3.8, 4) is 0 Å². The Kier molecular flexibility index (Phi) is 9.32. The van der Waals surface area contributed by atoms with Gasteiger partial charge >= 0.3 is 39.9 Å². The second-order valence-electron chi connectivity index (χ2n) is 2.51. The second-order valence-corrected chi connectivity index (χ2v) is 3.74. The van der Waals surface area contributed by atoms with E-state index in [0.717, 1.165) is 12.8 Å². The summed E-state index contributed by atoms with van der Waals surface area (Å²) < 4.78 is 30.8. The summed E-state index contributed by atoms with van der Waals surface area (Å²) >= 11 is 0. The van der Waals surface area contributed by atoms with Crippen molar-refractivity contribution in [2.75, 3.05) is 6.54 Å². The maximum atomic E-state index is 10.2. The first kappa shape index (κ1) is 15.3. The number of rotatable bonds is 5. The van der Waals surface area contributed by atoms with E-state index >= 15 is 0 Å². The Morgan fingerprint density at radius 1 is 1.33 bits per heavy atom. The van der Waals surface area contributed by atoms with Crippen molar-refractivity contribution in [2.24, 2.45) is 5.92 Å². The van der Waals surface area contributed by atoms with Crippen LogP contribution in [0.15, 0.2) is 0 Å². The van der Waals surface area contributed by atoms with Crippen LogP contribution in [-0.2, 0) is 10.3 Å². The van der Waals surface area contributed by atoms with E-state index in [-0.39, 0.29) is 29.6 Å². The van der Waals surface area contributed by atoms with Gasteiger partial charge in [0.15, 0.2) is 0 Å². The van der Waals surface area contributed by atoms with Gasteiger partial charge in [0.1, 0.15) is 0 Å². The Morgan fingerprint density at radius 3 is 2.00 bits per heavy atom. The third kappa shape index (κ3) is 8.96. The van der Waals surface area contributed by atoms with Crippen LogP contribution < -0.4 is 4.72 Å². The van der Waals surface area contributed by atoms with E-state index in [1.165, 1.54) is 0 Å². The molecule has 0 rings (SSSR count). The van der Waals surface area contributed by atoms with Gasteiger partial charge in [-0.05, 0) is 5.92 Å². The third-order valence-electron chi connectivity index (χ3n) is 1.71. The van der Waals surface area contributed by atoms with Gasteiger partial charge < -0.3 is 0 Å². The molecule has 4 nitrogen and oxygen atoms in total. The van der Waals surface area contributed by atoms with E-state index < -0.39 is 10.3 Å². The zero-order chi connectivity index (χ0) is 8.91. The molecule has 0 unspecified atom stereocenters. The molecule has 0 aliphatic rings. The molecule has 0 saturated carbocycles. The molecule has 0 aliphatic heterocycles. The number of hydrogen-bond acceptors (Lipinski definition) is 2. The maximum absolute atomic E-state index is 10.2. The Balaban J connectivity index is 0. The van der Waals surface area contributed by atoms with Crippen molar-refractivity contribution in [2.45, 2.75) is 26.7 Å². The first-order valence-corrected chi connectivity index (χ1v) is 5.15. The summed E-state index contributed by atoms with van der Waals surface area (Å²) in [6.07, 6.45) is 1.83. The van der Waals surface area contributed by atoms with Gasteiger partial charge in [0, 0.05) is 6.54 Å². The molecule has 0 heterocycles. The van der Waals surface area contributed by atoms with Gasteiger partial charge in [0.2, 0.25) is 0 Å². The van der Waals surface area contributed by atoms with Crippen LogP contribution in [0.25, 0.3) is 0 Å². The molecule has 6 heteroatoms. The van der Waals surface area contributed by atoms with E-state index in [2.05, 4.69) is 4.72 Å². The van der Waals surface area contributed by atoms with Gasteiger partial charge in [-0.15, -0.1) is 0 Å². The summed E-state index contributed by atoms with van der Waals surface area (Å²) in [7, 11) is -3.99. The first-order valence-electron chi connectivity index (χ1n) is 3.71. The fourth-order valence-electron chi connectivity index (χ4n) is 0.801. The summed E-state index contributed by atoms with van der Waals surface area (Å²) in [4.78, 5) is 0. The Bertz CT molecular complexity index is 189. The normalized spacial score (nSPS) is 11.3. The van der Waals surface area contributed by atoms with Crippen LogP contribution in [-0.4, -0.2) is 49.1 Å². The molecule has 0 fully saturated rings. The van der Waals surface area contributed by atoms with E-state index in [4.69, 9.17) is 4.55 Å². The monoisotopic (exact) mass is 205 g/mol. The van der Waals surface area contributed by atoms with Crippen molar-refractivity contribution in [1.29, 1.82) is 0 Å². The van der Waals surface area contributed by atoms with Crippen molar-refractivity contribution in [3.63, 3.8) is 0 Å². The van der Waals surface area contributed by atoms with Crippen LogP contribution in [0.1, 0.15) is 26.7 Å². The van der Waals surface area contributed by atoms with Gasteiger partial charge in [0.25, 0.3) is 0 Å². The predicted octanol–water partition coefficient (Wildman–Crippen LogP) is 0.167. The molecule has 0 aromatic rings. The summed E-state index contributed by atoms with van der Waals surface area (Å²) in [6.45, 7) is 4.30. The summed E-state index contributed by atoms with van der Waals surface area (Å²) in [5, 5.41) is 0. The zero-order valence-corrected chi connectivity index (χ0v) is 7.69. The average molecular weight is 205 g/mol. The van der Waals surface area contributed by atoms with Crippen LogP contribution in [0.4, 0.5) is 0 Å². The zero-order valence-electron chi connectivity index (χ0n) is 6.87. The van der Waals surface area contributed by atoms with E-state index in [9.17, 15) is 8.42 Å². The summed E-state index contributed by atoms with van der Waals surface area (Å²) in [6, 6.07) is 0. The minimum absolute atomic E-state index is 0. The molecule has 0 amide bonds. The van der Waals surface area contributed by atoms with Crippen LogP contribution >= 0.6 is 0 Å².